The third kappa shape index (κ3) is 4.49. The van der Waals surface area contributed by atoms with Crippen molar-refractivity contribution < 1.29 is 4.42 Å². The lowest BCUT2D eigenvalue weighted by atomic mass is 10.1. The van der Waals surface area contributed by atoms with E-state index < -0.39 is 15.8 Å². The Labute approximate surface area is 231 Å². The summed E-state index contributed by atoms with van der Waals surface area (Å²) in [4.78, 5) is 0. The van der Waals surface area contributed by atoms with Gasteiger partial charge < -0.3 is 4.42 Å². The standard InChI is InChI=1S/C36H26OP2/c1-5-15-27(16-6-1)38(28-17-7-2-8-18-28)34-26-25-33-35(31-23-13-14-24-32(31)37-33)36(34)39(29-19-9-3-10-20-29)30-21-11-4-12-22-30/h1-26H. The fourth-order valence-electron chi connectivity index (χ4n) is 5.34. The first-order chi connectivity index (χ1) is 19.4. The summed E-state index contributed by atoms with van der Waals surface area (Å²) in [5, 5.41) is 10.6. The first-order valence-corrected chi connectivity index (χ1v) is 15.8. The Morgan fingerprint density at radius 1 is 0.359 bits per heavy atom. The molecule has 0 amide bonds. The molecule has 3 heteroatoms. The van der Waals surface area contributed by atoms with Crippen molar-refractivity contribution in [1.29, 1.82) is 0 Å². The number of hydrogen-bond acceptors (Lipinski definition) is 1. The summed E-state index contributed by atoms with van der Waals surface area (Å²) in [5.41, 5.74) is 1.89. The van der Waals surface area contributed by atoms with Crippen LogP contribution in [-0.2, 0) is 0 Å². The minimum Gasteiger partial charge on any atom is -0.456 e. The normalized spacial score (nSPS) is 11.5. The van der Waals surface area contributed by atoms with Crippen molar-refractivity contribution in [2.24, 2.45) is 0 Å². The van der Waals surface area contributed by atoms with Gasteiger partial charge in [-0.1, -0.05) is 140 Å². The fraction of sp³-hybridized carbons (Fsp3) is 0. The second-order valence-corrected chi connectivity index (χ2v) is 13.8. The highest BCUT2D eigenvalue weighted by molar-refractivity contribution is 7.85. The number of para-hydroxylation sites is 1. The van der Waals surface area contributed by atoms with Crippen molar-refractivity contribution in [2.45, 2.75) is 0 Å². The highest BCUT2D eigenvalue weighted by Gasteiger charge is 2.29. The molecule has 1 aromatic heterocycles. The molecule has 0 aliphatic rings. The lowest BCUT2D eigenvalue weighted by molar-refractivity contribution is 0.669. The first-order valence-electron chi connectivity index (χ1n) is 13.1. The molecule has 186 valence electrons. The zero-order valence-corrected chi connectivity index (χ0v) is 23.1. The van der Waals surface area contributed by atoms with E-state index in [0.717, 1.165) is 11.2 Å². The van der Waals surface area contributed by atoms with Crippen LogP contribution >= 0.6 is 15.8 Å². The van der Waals surface area contributed by atoms with E-state index in [-0.39, 0.29) is 0 Å². The average molecular weight is 537 g/mol. The lowest BCUT2D eigenvalue weighted by Gasteiger charge is -2.28. The van der Waals surface area contributed by atoms with E-state index in [1.807, 2.05) is 0 Å². The van der Waals surface area contributed by atoms with Gasteiger partial charge >= 0.3 is 0 Å². The smallest absolute Gasteiger partial charge is 0.136 e. The molecule has 0 saturated heterocycles. The molecule has 0 radical (unpaired) electrons. The third-order valence-corrected chi connectivity index (χ3v) is 12.2. The van der Waals surface area contributed by atoms with Gasteiger partial charge in [0.15, 0.2) is 0 Å². The van der Waals surface area contributed by atoms with Crippen molar-refractivity contribution in [3.63, 3.8) is 0 Å². The molecule has 39 heavy (non-hydrogen) atoms. The predicted molar refractivity (Wildman–Crippen MR) is 171 cm³/mol. The van der Waals surface area contributed by atoms with Gasteiger partial charge in [-0.05, 0) is 60.6 Å². The maximum Gasteiger partial charge on any atom is 0.136 e. The molecule has 0 atom stereocenters. The highest BCUT2D eigenvalue weighted by Crippen LogP contribution is 2.43. The van der Waals surface area contributed by atoms with Crippen LogP contribution in [0.25, 0.3) is 21.9 Å². The van der Waals surface area contributed by atoms with E-state index in [9.17, 15) is 0 Å². The van der Waals surface area contributed by atoms with Crippen molar-refractivity contribution in [3.05, 3.63) is 158 Å². The van der Waals surface area contributed by atoms with Gasteiger partial charge in [-0.25, -0.2) is 0 Å². The van der Waals surface area contributed by atoms with Gasteiger partial charge in [0.2, 0.25) is 0 Å². The second-order valence-electron chi connectivity index (χ2n) is 9.42. The van der Waals surface area contributed by atoms with Gasteiger partial charge in [0, 0.05) is 16.1 Å². The first kappa shape index (κ1) is 24.1. The van der Waals surface area contributed by atoms with E-state index >= 15 is 0 Å². The van der Waals surface area contributed by atoms with Crippen molar-refractivity contribution in [1.82, 2.24) is 0 Å². The van der Waals surface area contributed by atoms with Gasteiger partial charge in [-0.2, -0.15) is 0 Å². The largest absolute Gasteiger partial charge is 0.456 e. The van der Waals surface area contributed by atoms with E-state index in [4.69, 9.17) is 4.42 Å². The molecule has 0 saturated carbocycles. The summed E-state index contributed by atoms with van der Waals surface area (Å²) >= 11 is 0. The average Bonchev–Trinajstić information content (AvgIpc) is 3.39. The molecule has 7 rings (SSSR count). The van der Waals surface area contributed by atoms with Crippen LogP contribution < -0.4 is 31.8 Å². The Morgan fingerprint density at radius 3 is 1.31 bits per heavy atom. The summed E-state index contributed by atoms with van der Waals surface area (Å²) in [7, 11) is -1.69. The third-order valence-electron chi connectivity index (χ3n) is 7.02. The predicted octanol–water partition coefficient (Wildman–Crippen LogP) is 7.10. The molecule has 7 aromatic rings. The summed E-state index contributed by atoms with van der Waals surface area (Å²) in [6.07, 6.45) is 0. The van der Waals surface area contributed by atoms with Crippen LogP contribution in [0.5, 0.6) is 0 Å². The maximum absolute atomic E-state index is 6.48. The number of fused-ring (bicyclic) bond motifs is 3. The van der Waals surface area contributed by atoms with Gasteiger partial charge in [-0.3, -0.25) is 0 Å². The summed E-state index contributed by atoms with van der Waals surface area (Å²) in [6, 6.07) is 57.1. The van der Waals surface area contributed by atoms with Crippen molar-refractivity contribution in [2.75, 3.05) is 0 Å². The fourth-order valence-corrected chi connectivity index (χ4v) is 10.8. The van der Waals surface area contributed by atoms with E-state index in [1.54, 1.807) is 0 Å². The summed E-state index contributed by atoms with van der Waals surface area (Å²) < 4.78 is 6.48. The van der Waals surface area contributed by atoms with Crippen LogP contribution in [-0.4, -0.2) is 0 Å². The van der Waals surface area contributed by atoms with Crippen LogP contribution in [0, 0.1) is 0 Å². The molecule has 0 fully saturated rings. The van der Waals surface area contributed by atoms with E-state index in [0.29, 0.717) is 0 Å². The summed E-state index contributed by atoms with van der Waals surface area (Å²) in [5.74, 6) is 0. The number of furan rings is 1. The van der Waals surface area contributed by atoms with E-state index in [2.05, 4.69) is 158 Å². The molecule has 6 aromatic carbocycles. The monoisotopic (exact) mass is 536 g/mol. The zero-order valence-electron chi connectivity index (χ0n) is 21.3. The maximum atomic E-state index is 6.48. The SMILES string of the molecule is c1ccc(P(c2ccccc2)c2ccc3oc4ccccc4c3c2P(c2ccccc2)c2ccccc2)cc1. The van der Waals surface area contributed by atoms with Crippen LogP contribution in [0.1, 0.15) is 0 Å². The van der Waals surface area contributed by atoms with Gasteiger partial charge in [-0.15, -0.1) is 0 Å². The van der Waals surface area contributed by atoms with Crippen LogP contribution in [0.4, 0.5) is 0 Å². The quantitative estimate of drug-likeness (QED) is 0.207. The lowest BCUT2D eigenvalue weighted by Crippen LogP contribution is -2.35. The molecular formula is C36H26OP2. The van der Waals surface area contributed by atoms with Crippen molar-refractivity contribution >= 4 is 69.6 Å². The van der Waals surface area contributed by atoms with Gasteiger partial charge in [0.1, 0.15) is 11.2 Å². The molecule has 0 aliphatic carbocycles. The Morgan fingerprint density at radius 2 is 0.795 bits per heavy atom. The van der Waals surface area contributed by atoms with Crippen molar-refractivity contribution in [3.8, 4) is 0 Å². The summed E-state index contributed by atoms with van der Waals surface area (Å²) in [6.45, 7) is 0. The number of benzene rings is 6. The topological polar surface area (TPSA) is 13.1 Å². The number of rotatable bonds is 6. The molecule has 0 N–H and O–H groups in total. The molecule has 0 unspecified atom stereocenters. The Bertz CT molecular complexity index is 1770. The van der Waals surface area contributed by atoms with Crippen LogP contribution in [0.15, 0.2) is 162 Å². The Balaban J connectivity index is 1.63. The molecule has 1 heterocycles. The minimum absolute atomic E-state index is 0.815. The minimum atomic E-state index is -0.871. The zero-order chi connectivity index (χ0) is 26.0. The molecule has 0 aliphatic heterocycles. The molecule has 0 spiro atoms. The van der Waals surface area contributed by atoms with Crippen LogP contribution in [0.3, 0.4) is 0 Å². The van der Waals surface area contributed by atoms with E-state index in [1.165, 1.54) is 42.6 Å². The van der Waals surface area contributed by atoms with Crippen LogP contribution in [0.2, 0.25) is 0 Å². The molecule has 0 bridgehead atoms. The van der Waals surface area contributed by atoms with Gasteiger partial charge in [0.25, 0.3) is 0 Å². The van der Waals surface area contributed by atoms with Gasteiger partial charge in [0.05, 0.1) is 0 Å². The number of hydrogen-bond donors (Lipinski definition) is 0. The molecular weight excluding hydrogens is 510 g/mol. The second kappa shape index (κ2) is 10.6. The Hall–Kier alpha value is -4.02. The Kier molecular flexibility index (Phi) is 6.55. The molecule has 1 nitrogen and oxygen atoms in total. The highest BCUT2D eigenvalue weighted by atomic mass is 31.1.